The van der Waals surface area contributed by atoms with Gasteiger partial charge >= 0.3 is 6.18 Å². The number of nitrogens with zero attached hydrogens (tertiary/aromatic N) is 2. The summed E-state index contributed by atoms with van der Waals surface area (Å²) in [5.41, 5.74) is 1.49. The minimum absolute atomic E-state index is 0.0972. The predicted octanol–water partition coefficient (Wildman–Crippen LogP) is 4.24. The smallest absolute Gasteiger partial charge is 0.393 e. The van der Waals surface area contributed by atoms with E-state index in [0.29, 0.717) is 49.5 Å². The molecule has 2 aliphatic rings. The molecule has 0 bridgehead atoms. The highest BCUT2D eigenvalue weighted by molar-refractivity contribution is 5.39. The van der Waals surface area contributed by atoms with Crippen LogP contribution < -0.4 is 5.32 Å². The van der Waals surface area contributed by atoms with E-state index in [9.17, 15) is 18.3 Å². The van der Waals surface area contributed by atoms with Gasteiger partial charge in [-0.3, -0.25) is 0 Å². The number of ether oxygens (including phenoxy) is 1. The van der Waals surface area contributed by atoms with Gasteiger partial charge in [0.1, 0.15) is 6.61 Å². The third-order valence-corrected chi connectivity index (χ3v) is 6.00. The van der Waals surface area contributed by atoms with Gasteiger partial charge in [0.15, 0.2) is 0 Å². The highest BCUT2D eigenvalue weighted by atomic mass is 19.4. The van der Waals surface area contributed by atoms with Crippen molar-refractivity contribution in [2.75, 3.05) is 11.9 Å². The van der Waals surface area contributed by atoms with E-state index >= 15 is 0 Å². The van der Waals surface area contributed by atoms with Gasteiger partial charge < -0.3 is 15.2 Å². The third-order valence-electron chi connectivity index (χ3n) is 6.00. The normalized spacial score (nSPS) is 27.8. The van der Waals surface area contributed by atoms with Crippen molar-refractivity contribution in [2.24, 2.45) is 5.92 Å². The van der Waals surface area contributed by atoms with Crippen molar-refractivity contribution < 1.29 is 23.0 Å². The molecule has 0 aromatic carbocycles. The summed E-state index contributed by atoms with van der Waals surface area (Å²) < 4.78 is 41.9. The summed E-state index contributed by atoms with van der Waals surface area (Å²) in [6, 6.07) is 0.0972. The Balaban J connectivity index is 1.55. The maximum absolute atomic E-state index is 12.3. The van der Waals surface area contributed by atoms with Crippen LogP contribution in [0.3, 0.4) is 0 Å². The van der Waals surface area contributed by atoms with Crippen molar-refractivity contribution in [3.8, 4) is 12.3 Å². The molecule has 0 radical (unpaired) electrons. The molecule has 2 fully saturated rings. The van der Waals surface area contributed by atoms with Crippen LogP contribution in [0.2, 0.25) is 0 Å². The van der Waals surface area contributed by atoms with Crippen LogP contribution in [0, 0.1) is 18.3 Å². The second-order valence-corrected chi connectivity index (χ2v) is 8.49. The molecule has 30 heavy (non-hydrogen) atoms. The number of nitrogens with one attached hydrogen (secondary N) is 1. The van der Waals surface area contributed by atoms with E-state index in [1.165, 1.54) is 0 Å². The van der Waals surface area contributed by atoms with E-state index in [-0.39, 0.29) is 18.2 Å². The number of rotatable bonds is 6. The summed E-state index contributed by atoms with van der Waals surface area (Å²) in [5.74, 6) is 3.50. The number of aliphatic hydroxyl groups is 1. The van der Waals surface area contributed by atoms with Gasteiger partial charge in [0.05, 0.1) is 23.5 Å². The molecule has 166 valence electrons. The number of anilines is 1. The number of alkyl halides is 3. The van der Waals surface area contributed by atoms with Gasteiger partial charge in [0, 0.05) is 12.2 Å². The van der Waals surface area contributed by atoms with E-state index < -0.39 is 12.8 Å². The molecule has 0 spiro atoms. The minimum atomic E-state index is -4.29. The molecule has 2 aliphatic carbocycles. The number of hydrogen-bond donors (Lipinski definition) is 2. The monoisotopic (exact) mass is 425 g/mol. The van der Waals surface area contributed by atoms with Crippen LogP contribution in [0.15, 0.2) is 6.20 Å². The number of aromatic nitrogens is 2. The lowest BCUT2D eigenvalue weighted by atomic mass is 9.92. The Kier molecular flexibility index (Phi) is 7.95. The molecule has 0 unspecified atom stereocenters. The molecule has 0 aliphatic heterocycles. The minimum Gasteiger partial charge on any atom is -0.393 e. The zero-order valence-electron chi connectivity index (χ0n) is 17.1. The molecular formula is C22H30F3N3O2. The summed E-state index contributed by atoms with van der Waals surface area (Å²) in [6.45, 7) is -1.19. The first-order chi connectivity index (χ1) is 14.3. The van der Waals surface area contributed by atoms with Crippen LogP contribution in [-0.2, 0) is 11.2 Å². The average Bonchev–Trinajstić information content (AvgIpc) is 2.91. The third kappa shape index (κ3) is 7.13. The lowest BCUT2D eigenvalue weighted by Gasteiger charge is -2.29. The Morgan fingerprint density at radius 1 is 1.17 bits per heavy atom. The first-order valence-corrected chi connectivity index (χ1v) is 10.8. The Labute approximate surface area is 175 Å². The molecule has 1 aromatic heterocycles. The number of terminal acetylenes is 1. The second-order valence-electron chi connectivity index (χ2n) is 8.49. The van der Waals surface area contributed by atoms with Crippen LogP contribution in [-0.4, -0.2) is 46.1 Å². The maximum Gasteiger partial charge on any atom is 0.411 e. The van der Waals surface area contributed by atoms with Crippen molar-refractivity contribution in [3.63, 3.8) is 0 Å². The Bertz CT molecular complexity index is 727. The van der Waals surface area contributed by atoms with Crippen LogP contribution in [0.25, 0.3) is 0 Å². The Morgan fingerprint density at radius 2 is 1.90 bits per heavy atom. The summed E-state index contributed by atoms with van der Waals surface area (Å²) in [5, 5.41) is 13.4. The SMILES string of the molecule is C#Cc1cnc(NC2CCC(OCC(F)(F)F)CC2)nc1C[C@@H]1CCCC[C@H](O)C1. The molecule has 1 aromatic rings. The quantitative estimate of drug-likeness (QED) is 0.527. The summed E-state index contributed by atoms with van der Waals surface area (Å²) in [4.78, 5) is 8.97. The molecule has 5 nitrogen and oxygen atoms in total. The fourth-order valence-corrected chi connectivity index (χ4v) is 4.42. The van der Waals surface area contributed by atoms with Crippen LogP contribution >= 0.6 is 0 Å². The predicted molar refractivity (Wildman–Crippen MR) is 108 cm³/mol. The van der Waals surface area contributed by atoms with E-state index in [4.69, 9.17) is 11.2 Å². The first-order valence-electron chi connectivity index (χ1n) is 10.8. The highest BCUT2D eigenvalue weighted by Crippen LogP contribution is 2.28. The molecule has 1 heterocycles. The van der Waals surface area contributed by atoms with Crippen LogP contribution in [0.4, 0.5) is 19.1 Å². The molecule has 2 saturated carbocycles. The van der Waals surface area contributed by atoms with E-state index in [2.05, 4.69) is 21.2 Å². The van der Waals surface area contributed by atoms with E-state index in [1.807, 2.05) is 0 Å². The van der Waals surface area contributed by atoms with E-state index in [1.54, 1.807) is 6.20 Å². The molecule has 0 amide bonds. The van der Waals surface area contributed by atoms with Gasteiger partial charge in [-0.15, -0.1) is 6.42 Å². The van der Waals surface area contributed by atoms with Crippen molar-refractivity contribution in [3.05, 3.63) is 17.5 Å². The summed E-state index contributed by atoms with van der Waals surface area (Å²) in [7, 11) is 0. The van der Waals surface area contributed by atoms with E-state index in [0.717, 1.165) is 37.8 Å². The highest BCUT2D eigenvalue weighted by Gasteiger charge is 2.31. The van der Waals surface area contributed by atoms with Crippen molar-refractivity contribution in [1.82, 2.24) is 9.97 Å². The van der Waals surface area contributed by atoms with Gasteiger partial charge in [-0.1, -0.05) is 18.8 Å². The first kappa shape index (κ1) is 22.8. The van der Waals surface area contributed by atoms with Crippen molar-refractivity contribution >= 4 is 5.95 Å². The summed E-state index contributed by atoms with van der Waals surface area (Å²) in [6.07, 6.45) is 10.4. The molecule has 8 heteroatoms. The molecular weight excluding hydrogens is 395 g/mol. The zero-order valence-corrected chi connectivity index (χ0v) is 17.1. The fourth-order valence-electron chi connectivity index (χ4n) is 4.42. The Morgan fingerprint density at radius 3 is 2.60 bits per heavy atom. The zero-order chi connectivity index (χ0) is 21.6. The lowest BCUT2D eigenvalue weighted by Crippen LogP contribution is -2.32. The van der Waals surface area contributed by atoms with Gasteiger partial charge in [0.2, 0.25) is 5.95 Å². The average molecular weight is 425 g/mol. The molecule has 3 rings (SSSR count). The largest absolute Gasteiger partial charge is 0.411 e. The Hall–Kier alpha value is -1.85. The number of aliphatic hydroxyl groups excluding tert-OH is 1. The lowest BCUT2D eigenvalue weighted by molar-refractivity contribution is -0.187. The standard InChI is InChI=1S/C22H30F3N3O2/c1-2-16-13-26-21(28-20(16)12-15-5-3-4-6-18(29)11-15)27-17-7-9-19(10-8-17)30-14-22(23,24)25/h1,13,15,17-19,29H,3-12,14H2,(H,26,27,28)/t15-,17?,18+,19?/m1/s1. The van der Waals surface area contributed by atoms with Gasteiger partial charge in [-0.2, -0.15) is 13.2 Å². The van der Waals surface area contributed by atoms with Crippen LogP contribution in [0.5, 0.6) is 0 Å². The number of halogens is 3. The van der Waals surface area contributed by atoms with Crippen LogP contribution in [0.1, 0.15) is 69.0 Å². The topological polar surface area (TPSA) is 67.3 Å². The van der Waals surface area contributed by atoms with Gasteiger partial charge in [0.25, 0.3) is 0 Å². The van der Waals surface area contributed by atoms with Crippen molar-refractivity contribution in [1.29, 1.82) is 0 Å². The fraction of sp³-hybridized carbons (Fsp3) is 0.727. The summed E-state index contributed by atoms with van der Waals surface area (Å²) >= 11 is 0. The maximum atomic E-state index is 12.3. The molecule has 2 N–H and O–H groups in total. The van der Waals surface area contributed by atoms with Gasteiger partial charge in [-0.05, 0) is 57.3 Å². The number of hydrogen-bond acceptors (Lipinski definition) is 5. The van der Waals surface area contributed by atoms with Gasteiger partial charge in [-0.25, -0.2) is 9.97 Å². The second kappa shape index (κ2) is 10.5. The van der Waals surface area contributed by atoms with Crippen molar-refractivity contribution in [2.45, 2.75) is 88.6 Å². The molecule has 0 saturated heterocycles. The molecule has 2 atom stereocenters.